The summed E-state index contributed by atoms with van der Waals surface area (Å²) in [6.45, 7) is 7.53. The van der Waals surface area contributed by atoms with Crippen LogP contribution in [0.1, 0.15) is 22.9 Å². The lowest BCUT2D eigenvalue weighted by atomic mass is 9.89. The first-order chi connectivity index (χ1) is 12.6. The number of halogens is 2. The van der Waals surface area contributed by atoms with Gasteiger partial charge >= 0.3 is 0 Å². The molecule has 8 nitrogen and oxygen atoms in total. The van der Waals surface area contributed by atoms with Crippen molar-refractivity contribution in [2.45, 2.75) is 19.4 Å². The molecule has 2 aliphatic heterocycles. The third-order valence-electron chi connectivity index (χ3n) is 5.42. The number of carbonyl (C=O) groups excluding carboxylic acids is 1. The van der Waals surface area contributed by atoms with Crippen molar-refractivity contribution in [3.8, 4) is 0 Å². The normalized spacial score (nSPS) is 22.6. The number of hydrogen-bond donors (Lipinski definition) is 1. The van der Waals surface area contributed by atoms with Gasteiger partial charge in [-0.2, -0.15) is 5.10 Å². The highest BCUT2D eigenvalue weighted by atomic mass is 35.5. The molecule has 28 heavy (non-hydrogen) atoms. The maximum Gasteiger partial charge on any atom is 0.227 e. The lowest BCUT2D eigenvalue weighted by Gasteiger charge is -2.36. The SMILES string of the molecule is Cc1cc(CN2CCN(C(=O)[C@H]3CNC[C@@H]3c3cnn(C)c3)CC2)on1.Cl.Cl. The Morgan fingerprint density at radius 2 is 2.00 bits per heavy atom. The van der Waals surface area contributed by atoms with E-state index in [4.69, 9.17) is 4.52 Å². The van der Waals surface area contributed by atoms with Gasteiger partial charge in [-0.15, -0.1) is 24.8 Å². The van der Waals surface area contributed by atoms with E-state index in [1.165, 1.54) is 0 Å². The van der Waals surface area contributed by atoms with Gasteiger partial charge in [-0.05, 0) is 12.5 Å². The van der Waals surface area contributed by atoms with E-state index in [1.54, 1.807) is 4.68 Å². The number of aromatic nitrogens is 3. The average Bonchev–Trinajstić information content (AvgIpc) is 3.36. The van der Waals surface area contributed by atoms with E-state index in [-0.39, 0.29) is 42.6 Å². The molecule has 1 amide bonds. The van der Waals surface area contributed by atoms with Crippen molar-refractivity contribution >= 4 is 30.7 Å². The first kappa shape index (κ1) is 22.7. The Bertz CT molecular complexity index is 772. The summed E-state index contributed by atoms with van der Waals surface area (Å²) in [4.78, 5) is 17.4. The molecule has 0 aliphatic carbocycles. The summed E-state index contributed by atoms with van der Waals surface area (Å²) in [7, 11) is 1.91. The number of amides is 1. The van der Waals surface area contributed by atoms with Crippen LogP contribution in [0.3, 0.4) is 0 Å². The van der Waals surface area contributed by atoms with Gasteiger partial charge in [0.1, 0.15) is 0 Å². The third-order valence-corrected chi connectivity index (χ3v) is 5.42. The molecule has 0 spiro atoms. The van der Waals surface area contributed by atoms with E-state index >= 15 is 0 Å². The molecule has 1 N–H and O–H groups in total. The molecule has 2 atom stereocenters. The molecule has 10 heteroatoms. The highest BCUT2D eigenvalue weighted by Crippen LogP contribution is 2.29. The molecular formula is C18H28Cl2N6O2. The molecule has 0 bridgehead atoms. The van der Waals surface area contributed by atoms with Crippen molar-refractivity contribution in [1.82, 2.24) is 30.1 Å². The summed E-state index contributed by atoms with van der Waals surface area (Å²) < 4.78 is 7.10. The Morgan fingerprint density at radius 1 is 1.25 bits per heavy atom. The first-order valence-corrected chi connectivity index (χ1v) is 9.23. The summed E-state index contributed by atoms with van der Waals surface area (Å²) in [5, 5.41) is 11.6. The van der Waals surface area contributed by atoms with E-state index in [0.717, 1.165) is 62.8 Å². The molecule has 2 saturated heterocycles. The van der Waals surface area contributed by atoms with Crippen LogP contribution in [0.5, 0.6) is 0 Å². The van der Waals surface area contributed by atoms with Crippen molar-refractivity contribution < 1.29 is 9.32 Å². The van der Waals surface area contributed by atoms with Crippen LogP contribution in [-0.2, 0) is 18.4 Å². The Hall–Kier alpha value is -1.61. The van der Waals surface area contributed by atoms with Crippen LogP contribution < -0.4 is 5.32 Å². The Kier molecular flexibility index (Phi) is 7.88. The van der Waals surface area contributed by atoms with Gasteiger partial charge in [0.2, 0.25) is 5.91 Å². The highest BCUT2D eigenvalue weighted by Gasteiger charge is 2.37. The van der Waals surface area contributed by atoms with Gasteiger partial charge in [0.05, 0.1) is 24.4 Å². The molecule has 4 rings (SSSR count). The van der Waals surface area contributed by atoms with Crippen LogP contribution >= 0.6 is 24.8 Å². The van der Waals surface area contributed by atoms with Crippen LogP contribution in [-0.4, -0.2) is 69.9 Å². The number of nitrogens with zero attached hydrogens (tertiary/aromatic N) is 5. The maximum atomic E-state index is 13.1. The molecule has 0 radical (unpaired) electrons. The maximum absolute atomic E-state index is 13.1. The summed E-state index contributed by atoms with van der Waals surface area (Å²) in [5.74, 6) is 1.37. The third kappa shape index (κ3) is 4.86. The van der Waals surface area contributed by atoms with Crippen molar-refractivity contribution in [3.05, 3.63) is 35.5 Å². The zero-order valence-corrected chi connectivity index (χ0v) is 17.8. The van der Waals surface area contributed by atoms with Gasteiger partial charge in [0.25, 0.3) is 0 Å². The monoisotopic (exact) mass is 430 g/mol. The average molecular weight is 431 g/mol. The molecule has 0 saturated carbocycles. The van der Waals surface area contributed by atoms with Gasteiger partial charge in [-0.25, -0.2) is 0 Å². The molecule has 0 unspecified atom stereocenters. The highest BCUT2D eigenvalue weighted by molar-refractivity contribution is 5.85. The van der Waals surface area contributed by atoms with Gasteiger partial charge in [0.15, 0.2) is 5.76 Å². The second-order valence-corrected chi connectivity index (χ2v) is 7.35. The van der Waals surface area contributed by atoms with Crippen molar-refractivity contribution in [2.24, 2.45) is 13.0 Å². The van der Waals surface area contributed by atoms with Crippen LogP contribution in [0.4, 0.5) is 0 Å². The fourth-order valence-electron chi connectivity index (χ4n) is 3.99. The molecule has 0 aromatic carbocycles. The van der Waals surface area contributed by atoms with Crippen molar-refractivity contribution in [1.29, 1.82) is 0 Å². The predicted molar refractivity (Wildman–Crippen MR) is 110 cm³/mol. The number of carbonyl (C=O) groups is 1. The van der Waals surface area contributed by atoms with Crippen LogP contribution in [0, 0.1) is 12.8 Å². The first-order valence-electron chi connectivity index (χ1n) is 9.23. The Labute approximate surface area is 177 Å². The van der Waals surface area contributed by atoms with Gasteiger partial charge in [-0.3, -0.25) is 14.4 Å². The van der Waals surface area contributed by atoms with Gasteiger partial charge in [-0.1, -0.05) is 5.16 Å². The summed E-state index contributed by atoms with van der Waals surface area (Å²) in [5.41, 5.74) is 2.05. The van der Waals surface area contributed by atoms with Gasteiger partial charge < -0.3 is 14.7 Å². The minimum atomic E-state index is 0. The molecule has 4 heterocycles. The number of nitrogens with one attached hydrogen (secondary N) is 1. The number of aryl methyl sites for hydroxylation is 2. The quantitative estimate of drug-likeness (QED) is 0.784. The smallest absolute Gasteiger partial charge is 0.227 e. The number of hydrogen-bond acceptors (Lipinski definition) is 6. The van der Waals surface area contributed by atoms with Gasteiger partial charge in [0, 0.05) is 64.5 Å². The minimum absolute atomic E-state index is 0. The van der Waals surface area contributed by atoms with Crippen LogP contribution in [0.15, 0.2) is 23.0 Å². The molecule has 2 aliphatic rings. The molecule has 2 aromatic rings. The fraction of sp³-hybridized carbons (Fsp3) is 0.611. The second-order valence-electron chi connectivity index (χ2n) is 7.35. The zero-order chi connectivity index (χ0) is 18.1. The number of piperazine rings is 1. The van der Waals surface area contributed by atoms with Crippen molar-refractivity contribution in [3.63, 3.8) is 0 Å². The lowest BCUT2D eigenvalue weighted by molar-refractivity contribution is -0.137. The van der Waals surface area contributed by atoms with E-state index in [0.29, 0.717) is 0 Å². The minimum Gasteiger partial charge on any atom is -0.360 e. The lowest BCUT2D eigenvalue weighted by Crippen LogP contribution is -2.50. The van der Waals surface area contributed by atoms with Crippen LogP contribution in [0.25, 0.3) is 0 Å². The fourth-order valence-corrected chi connectivity index (χ4v) is 3.99. The van der Waals surface area contributed by atoms with Crippen LogP contribution in [0.2, 0.25) is 0 Å². The van der Waals surface area contributed by atoms with E-state index < -0.39 is 0 Å². The molecule has 156 valence electrons. The molecule has 2 fully saturated rings. The summed E-state index contributed by atoms with van der Waals surface area (Å²) >= 11 is 0. The largest absolute Gasteiger partial charge is 0.360 e. The summed E-state index contributed by atoms with van der Waals surface area (Å²) in [6, 6.07) is 1.97. The van der Waals surface area contributed by atoms with E-state index in [2.05, 4.69) is 20.5 Å². The second kappa shape index (κ2) is 9.73. The number of rotatable bonds is 4. The Morgan fingerprint density at radius 3 is 2.61 bits per heavy atom. The Balaban J connectivity index is 0.00000140. The summed E-state index contributed by atoms with van der Waals surface area (Å²) in [6.07, 6.45) is 3.91. The molecular weight excluding hydrogens is 403 g/mol. The van der Waals surface area contributed by atoms with Crippen molar-refractivity contribution in [2.75, 3.05) is 39.3 Å². The zero-order valence-electron chi connectivity index (χ0n) is 16.2. The predicted octanol–water partition coefficient (Wildman–Crippen LogP) is 1.21. The van der Waals surface area contributed by atoms with E-state index in [9.17, 15) is 4.79 Å². The molecule has 2 aromatic heterocycles. The van der Waals surface area contributed by atoms with E-state index in [1.807, 2.05) is 37.3 Å². The standard InChI is InChI=1S/C18H26N6O2.2ClH/c1-13-7-15(26-21-13)12-23-3-5-24(6-4-23)18(25)17-10-19-9-16(17)14-8-20-22(2)11-14;;/h7-8,11,16-17,19H,3-6,9-10,12H2,1-2H3;2*1H/t16-,17+;;/m1../s1. The topological polar surface area (TPSA) is 79.4 Å².